The number of nitrogens with one attached hydrogen (secondary N) is 1. The largest absolute Gasteiger partial charge is 0.494 e. The van der Waals surface area contributed by atoms with Gasteiger partial charge < -0.3 is 29.4 Å². The minimum atomic E-state index is -1.09. The highest BCUT2D eigenvalue weighted by molar-refractivity contribution is 6.62. The van der Waals surface area contributed by atoms with Crippen LogP contribution in [0.4, 0.5) is 14.0 Å². The predicted octanol–water partition coefficient (Wildman–Crippen LogP) is 4.44. The van der Waals surface area contributed by atoms with Gasteiger partial charge in [0, 0.05) is 17.6 Å². The number of benzene rings is 1. The summed E-state index contributed by atoms with van der Waals surface area (Å²) in [6.45, 7) is 13.1. The molecule has 1 heterocycles. The average Bonchev–Trinajstić information content (AvgIpc) is 2.93. The Morgan fingerprint density at radius 1 is 1.14 bits per heavy atom. The molecular formula is C25H38BFN2O6. The SMILES string of the molecule is CC(C)(C)OC(=O)N[C@H]1CC[C@H](N(Cc2ccc(B3OC(C)(C)C(C)(C)O3)cc2F)C(=O)O)CC1. The fourth-order valence-electron chi connectivity index (χ4n) is 4.36. The normalized spacial score (nSPS) is 23.6. The molecule has 194 valence electrons. The minimum absolute atomic E-state index is 0.0559. The molecule has 1 saturated carbocycles. The lowest BCUT2D eigenvalue weighted by molar-refractivity contribution is 0.00578. The van der Waals surface area contributed by atoms with E-state index in [0.717, 1.165) is 0 Å². The zero-order valence-corrected chi connectivity index (χ0v) is 21.8. The van der Waals surface area contributed by atoms with E-state index < -0.39 is 41.9 Å². The van der Waals surface area contributed by atoms with Crippen molar-refractivity contribution in [3.63, 3.8) is 0 Å². The minimum Gasteiger partial charge on any atom is -0.465 e. The van der Waals surface area contributed by atoms with Crippen LogP contribution in [0.3, 0.4) is 0 Å². The number of ether oxygens (including phenoxy) is 1. The molecule has 1 saturated heterocycles. The molecule has 3 rings (SSSR count). The van der Waals surface area contributed by atoms with Crippen LogP contribution in [0.15, 0.2) is 18.2 Å². The third-order valence-corrected chi connectivity index (χ3v) is 7.05. The van der Waals surface area contributed by atoms with E-state index in [9.17, 15) is 14.7 Å². The molecule has 8 nitrogen and oxygen atoms in total. The van der Waals surface area contributed by atoms with Gasteiger partial charge in [-0.15, -0.1) is 0 Å². The van der Waals surface area contributed by atoms with Crippen LogP contribution in [0.1, 0.15) is 79.7 Å². The first-order chi connectivity index (χ1) is 16.1. The van der Waals surface area contributed by atoms with Gasteiger partial charge in [0.25, 0.3) is 0 Å². The van der Waals surface area contributed by atoms with Gasteiger partial charge in [0.2, 0.25) is 0 Å². The van der Waals surface area contributed by atoms with Crippen LogP contribution in [-0.2, 0) is 20.6 Å². The quantitative estimate of drug-likeness (QED) is 0.590. The van der Waals surface area contributed by atoms with Crippen molar-refractivity contribution in [2.24, 2.45) is 0 Å². The van der Waals surface area contributed by atoms with Gasteiger partial charge in [0.05, 0.1) is 17.7 Å². The number of nitrogens with zero attached hydrogens (tertiary/aromatic N) is 1. The van der Waals surface area contributed by atoms with Gasteiger partial charge in [0.1, 0.15) is 11.4 Å². The Morgan fingerprint density at radius 3 is 2.20 bits per heavy atom. The Morgan fingerprint density at radius 2 is 1.71 bits per heavy atom. The van der Waals surface area contributed by atoms with Crippen LogP contribution in [0.5, 0.6) is 0 Å². The van der Waals surface area contributed by atoms with Crippen molar-refractivity contribution in [1.29, 1.82) is 0 Å². The number of rotatable bonds is 5. The van der Waals surface area contributed by atoms with Crippen molar-refractivity contribution in [3.05, 3.63) is 29.6 Å². The lowest BCUT2D eigenvalue weighted by atomic mass is 9.78. The van der Waals surface area contributed by atoms with Gasteiger partial charge in [-0.05, 0) is 85.7 Å². The lowest BCUT2D eigenvalue weighted by Crippen LogP contribution is -2.46. The maximum absolute atomic E-state index is 15.0. The summed E-state index contributed by atoms with van der Waals surface area (Å²) in [7, 11) is -0.688. The number of hydrogen-bond acceptors (Lipinski definition) is 5. The topological polar surface area (TPSA) is 97.3 Å². The van der Waals surface area contributed by atoms with Crippen molar-refractivity contribution in [2.45, 2.75) is 110 Å². The first-order valence-electron chi connectivity index (χ1n) is 12.2. The van der Waals surface area contributed by atoms with E-state index in [4.69, 9.17) is 14.0 Å². The van der Waals surface area contributed by atoms with Gasteiger partial charge in [0.15, 0.2) is 0 Å². The molecule has 1 aromatic carbocycles. The molecule has 0 radical (unpaired) electrons. The highest BCUT2D eigenvalue weighted by Gasteiger charge is 2.51. The summed E-state index contributed by atoms with van der Waals surface area (Å²) in [6.07, 6.45) is 0.817. The molecule has 0 aromatic heterocycles. The van der Waals surface area contributed by atoms with E-state index in [1.54, 1.807) is 32.9 Å². The molecule has 1 aliphatic heterocycles. The van der Waals surface area contributed by atoms with Crippen LogP contribution in [-0.4, -0.2) is 58.2 Å². The molecule has 2 N–H and O–H groups in total. The van der Waals surface area contributed by atoms with Crippen LogP contribution in [0.25, 0.3) is 0 Å². The number of carbonyl (C=O) groups excluding carboxylic acids is 1. The van der Waals surface area contributed by atoms with Crippen LogP contribution >= 0.6 is 0 Å². The Bertz CT molecular complexity index is 924. The van der Waals surface area contributed by atoms with Crippen LogP contribution < -0.4 is 10.8 Å². The van der Waals surface area contributed by atoms with E-state index in [0.29, 0.717) is 36.7 Å². The summed E-state index contributed by atoms with van der Waals surface area (Å²) in [5.74, 6) is -0.497. The zero-order chi connectivity index (χ0) is 26.2. The number of amides is 2. The Kier molecular flexibility index (Phi) is 7.77. The monoisotopic (exact) mass is 492 g/mol. The summed E-state index contributed by atoms with van der Waals surface area (Å²) >= 11 is 0. The number of carbonyl (C=O) groups is 2. The van der Waals surface area contributed by atoms with Gasteiger partial charge in [-0.1, -0.05) is 12.1 Å². The zero-order valence-electron chi connectivity index (χ0n) is 21.8. The summed E-state index contributed by atoms with van der Waals surface area (Å²) in [5, 5.41) is 12.7. The van der Waals surface area contributed by atoms with Crippen molar-refractivity contribution in [3.8, 4) is 0 Å². The molecule has 2 fully saturated rings. The smallest absolute Gasteiger partial charge is 0.465 e. The summed E-state index contributed by atoms with van der Waals surface area (Å²) < 4.78 is 32.3. The molecule has 0 bridgehead atoms. The first kappa shape index (κ1) is 27.3. The lowest BCUT2D eigenvalue weighted by Gasteiger charge is -2.36. The standard InChI is InChI=1S/C25H38BFN2O6/c1-23(2,3)33-21(30)28-18-10-12-19(13-11-18)29(22(31)32)15-16-8-9-17(14-20(16)27)26-34-24(4,5)25(6,7)35-26/h8-9,14,18-19H,10-13,15H2,1-7H3,(H,28,30)(H,31,32)/t18-,19-. The van der Waals surface area contributed by atoms with E-state index in [1.807, 2.05) is 27.7 Å². The second kappa shape index (κ2) is 9.97. The van der Waals surface area contributed by atoms with Gasteiger partial charge >= 0.3 is 19.3 Å². The molecule has 0 unspecified atom stereocenters. The van der Waals surface area contributed by atoms with Crippen LogP contribution in [0, 0.1) is 5.82 Å². The molecule has 35 heavy (non-hydrogen) atoms. The number of hydrogen-bond donors (Lipinski definition) is 2. The van der Waals surface area contributed by atoms with Crippen molar-refractivity contribution < 1.29 is 33.1 Å². The van der Waals surface area contributed by atoms with E-state index >= 15 is 4.39 Å². The highest BCUT2D eigenvalue weighted by atomic mass is 19.1. The van der Waals surface area contributed by atoms with Gasteiger partial charge in [-0.2, -0.15) is 0 Å². The summed E-state index contributed by atoms with van der Waals surface area (Å²) in [4.78, 5) is 25.3. The second-order valence-electron chi connectivity index (χ2n) is 11.5. The molecule has 0 atom stereocenters. The van der Waals surface area contributed by atoms with Gasteiger partial charge in [-0.3, -0.25) is 0 Å². The molecule has 1 aliphatic carbocycles. The molecule has 1 aromatic rings. The molecule has 2 aliphatic rings. The Hall–Kier alpha value is -2.33. The fourth-order valence-corrected chi connectivity index (χ4v) is 4.36. The third-order valence-electron chi connectivity index (χ3n) is 7.05. The van der Waals surface area contributed by atoms with Crippen molar-refractivity contribution in [2.75, 3.05) is 0 Å². The second-order valence-corrected chi connectivity index (χ2v) is 11.5. The maximum atomic E-state index is 15.0. The Labute approximate surface area is 207 Å². The molecule has 0 spiro atoms. The summed E-state index contributed by atoms with van der Waals surface area (Å²) in [6, 6.07) is 4.35. The molecule has 10 heteroatoms. The first-order valence-corrected chi connectivity index (χ1v) is 12.2. The maximum Gasteiger partial charge on any atom is 0.494 e. The van der Waals surface area contributed by atoms with Crippen molar-refractivity contribution >= 4 is 24.8 Å². The highest BCUT2D eigenvalue weighted by Crippen LogP contribution is 2.36. The van der Waals surface area contributed by atoms with Crippen molar-refractivity contribution in [1.82, 2.24) is 10.2 Å². The molecular weight excluding hydrogens is 454 g/mol. The third kappa shape index (κ3) is 6.67. The average molecular weight is 492 g/mol. The van der Waals surface area contributed by atoms with E-state index in [2.05, 4.69) is 5.32 Å². The fraction of sp³-hybridized carbons (Fsp3) is 0.680. The molecule has 2 amide bonds. The Balaban J connectivity index is 1.61. The number of alkyl carbamates (subject to hydrolysis) is 1. The van der Waals surface area contributed by atoms with E-state index in [1.165, 1.54) is 11.0 Å². The number of carboxylic acid groups (broad SMARTS) is 1. The number of halogens is 1. The van der Waals surface area contributed by atoms with E-state index in [-0.39, 0.29) is 18.6 Å². The predicted molar refractivity (Wildman–Crippen MR) is 131 cm³/mol. The summed E-state index contributed by atoms with van der Waals surface area (Å²) in [5.41, 5.74) is -0.806. The van der Waals surface area contributed by atoms with Gasteiger partial charge in [-0.25, -0.2) is 14.0 Å². The van der Waals surface area contributed by atoms with Crippen LogP contribution in [0.2, 0.25) is 0 Å².